The molecule has 0 fully saturated rings. The number of nitrogens with one attached hydrogen (secondary N) is 1. The number of rotatable bonds is 10. The van der Waals surface area contributed by atoms with Crippen LogP contribution in [0.15, 0.2) is 71.6 Å². The van der Waals surface area contributed by atoms with E-state index < -0.39 is 34.3 Å². The van der Waals surface area contributed by atoms with Crippen LogP contribution >= 0.6 is 0 Å². The number of sulfonamides is 1. The van der Waals surface area contributed by atoms with Crippen molar-refractivity contribution in [3.05, 3.63) is 83.7 Å². The average molecular weight is 584 g/mol. The Balaban J connectivity index is 1.72. The molecule has 0 saturated carbocycles. The van der Waals surface area contributed by atoms with Crippen LogP contribution in [0, 0.1) is 12.7 Å². The van der Waals surface area contributed by atoms with Crippen LogP contribution in [0.4, 0.5) is 10.1 Å². The van der Waals surface area contributed by atoms with Gasteiger partial charge in [0.05, 0.1) is 10.6 Å². The van der Waals surface area contributed by atoms with E-state index in [2.05, 4.69) is 5.32 Å². The third-order valence-electron chi connectivity index (χ3n) is 6.53. The molecule has 218 valence electrons. The first-order chi connectivity index (χ1) is 19.5. The molecule has 2 amide bonds. The lowest BCUT2D eigenvalue weighted by Crippen LogP contribution is -2.52. The van der Waals surface area contributed by atoms with Crippen LogP contribution in [0.1, 0.15) is 31.9 Å². The maximum atomic E-state index is 14.0. The Morgan fingerprint density at radius 1 is 0.951 bits per heavy atom. The summed E-state index contributed by atoms with van der Waals surface area (Å²) in [5.74, 6) is -0.860. The van der Waals surface area contributed by atoms with E-state index in [9.17, 15) is 22.4 Å². The fraction of sp³-hybridized carbons (Fsp3) is 0.333. The van der Waals surface area contributed by atoms with Crippen molar-refractivity contribution in [2.45, 2.75) is 51.2 Å². The third kappa shape index (κ3) is 7.15. The Morgan fingerprint density at radius 2 is 1.63 bits per heavy atom. The van der Waals surface area contributed by atoms with Gasteiger partial charge >= 0.3 is 0 Å². The standard InChI is InChI=1S/C30H34FN3O6S/c1-20(2)32-30(36)22(4)33(18-23-7-5-6-21(3)16-23)29(35)19-34(25-10-8-24(31)9-11-25)41(37,38)26-12-13-27-28(17-26)40-15-14-39-27/h5-13,16-17,20,22H,14-15,18-19H2,1-4H3,(H,32,36). The van der Waals surface area contributed by atoms with Crippen molar-refractivity contribution in [2.24, 2.45) is 0 Å². The molecule has 0 spiro atoms. The second-order valence-corrected chi connectivity index (χ2v) is 12.0. The second-order valence-electron chi connectivity index (χ2n) is 10.1. The van der Waals surface area contributed by atoms with Crippen LogP contribution in [0.25, 0.3) is 0 Å². The maximum absolute atomic E-state index is 14.0. The first-order valence-electron chi connectivity index (χ1n) is 13.3. The predicted molar refractivity (Wildman–Crippen MR) is 153 cm³/mol. The zero-order valence-corrected chi connectivity index (χ0v) is 24.3. The molecule has 1 heterocycles. The molecule has 11 heteroatoms. The summed E-state index contributed by atoms with van der Waals surface area (Å²) in [4.78, 5) is 28.2. The number of aryl methyl sites for hydroxylation is 1. The molecule has 9 nitrogen and oxygen atoms in total. The average Bonchev–Trinajstić information content (AvgIpc) is 2.94. The quantitative estimate of drug-likeness (QED) is 0.386. The van der Waals surface area contributed by atoms with E-state index in [-0.39, 0.29) is 41.4 Å². The lowest BCUT2D eigenvalue weighted by molar-refractivity contribution is -0.139. The summed E-state index contributed by atoms with van der Waals surface area (Å²) in [5.41, 5.74) is 1.85. The minimum Gasteiger partial charge on any atom is -0.486 e. The number of ether oxygens (including phenoxy) is 2. The van der Waals surface area contributed by atoms with Gasteiger partial charge in [-0.2, -0.15) is 0 Å². The number of anilines is 1. The highest BCUT2D eigenvalue weighted by molar-refractivity contribution is 7.92. The van der Waals surface area contributed by atoms with Gasteiger partial charge in [-0.05, 0) is 69.7 Å². The minimum absolute atomic E-state index is 0.0779. The fourth-order valence-corrected chi connectivity index (χ4v) is 5.87. The highest BCUT2D eigenvalue weighted by Gasteiger charge is 2.33. The number of hydrogen-bond donors (Lipinski definition) is 1. The minimum atomic E-state index is -4.35. The van der Waals surface area contributed by atoms with Crippen molar-refractivity contribution < 1.29 is 31.9 Å². The Labute approximate surface area is 239 Å². The first-order valence-corrected chi connectivity index (χ1v) is 14.7. The Bertz CT molecular complexity index is 1510. The smallest absolute Gasteiger partial charge is 0.264 e. The summed E-state index contributed by atoms with van der Waals surface area (Å²) in [6.45, 7) is 7.20. The van der Waals surface area contributed by atoms with Crippen molar-refractivity contribution >= 4 is 27.5 Å². The summed E-state index contributed by atoms with van der Waals surface area (Å²) in [7, 11) is -4.35. The van der Waals surface area contributed by atoms with Gasteiger partial charge in [-0.3, -0.25) is 13.9 Å². The summed E-state index contributed by atoms with van der Waals surface area (Å²) in [6.07, 6.45) is 0. The normalized spacial score (nSPS) is 13.4. The van der Waals surface area contributed by atoms with Crippen LogP contribution in [0.2, 0.25) is 0 Å². The third-order valence-corrected chi connectivity index (χ3v) is 8.30. The zero-order valence-electron chi connectivity index (χ0n) is 23.5. The molecule has 0 radical (unpaired) electrons. The number of benzene rings is 3. The summed E-state index contributed by atoms with van der Waals surface area (Å²) < 4.78 is 53.8. The largest absolute Gasteiger partial charge is 0.486 e. The van der Waals surface area contributed by atoms with Crippen LogP contribution in [-0.4, -0.2) is 57.0 Å². The number of halogens is 1. The second kappa shape index (κ2) is 12.6. The molecule has 1 N–H and O–H groups in total. The van der Waals surface area contributed by atoms with Gasteiger partial charge in [-0.15, -0.1) is 0 Å². The lowest BCUT2D eigenvalue weighted by atomic mass is 10.1. The van der Waals surface area contributed by atoms with Gasteiger partial charge < -0.3 is 19.7 Å². The highest BCUT2D eigenvalue weighted by atomic mass is 32.2. The lowest BCUT2D eigenvalue weighted by Gasteiger charge is -2.32. The van der Waals surface area contributed by atoms with E-state index in [1.54, 1.807) is 6.92 Å². The maximum Gasteiger partial charge on any atom is 0.264 e. The molecule has 1 atom stereocenters. The SMILES string of the molecule is Cc1cccc(CN(C(=O)CN(c2ccc(F)cc2)S(=O)(=O)c2ccc3c(c2)OCCO3)C(C)C(=O)NC(C)C)c1. The van der Waals surface area contributed by atoms with Crippen LogP contribution in [-0.2, 0) is 26.2 Å². The van der Waals surface area contributed by atoms with Gasteiger partial charge in [0.2, 0.25) is 11.8 Å². The monoisotopic (exact) mass is 583 g/mol. The molecule has 0 saturated heterocycles. The molecule has 1 unspecified atom stereocenters. The van der Waals surface area contributed by atoms with Gasteiger partial charge in [0.15, 0.2) is 11.5 Å². The van der Waals surface area contributed by atoms with Crippen molar-refractivity contribution in [3.63, 3.8) is 0 Å². The summed E-state index contributed by atoms with van der Waals surface area (Å²) in [5, 5.41) is 2.82. The molecular formula is C30H34FN3O6S. The van der Waals surface area contributed by atoms with E-state index in [0.29, 0.717) is 12.4 Å². The number of carbonyl (C=O) groups is 2. The van der Waals surface area contributed by atoms with Gasteiger partial charge in [-0.25, -0.2) is 12.8 Å². The van der Waals surface area contributed by atoms with Crippen molar-refractivity contribution in [1.29, 1.82) is 0 Å². The summed E-state index contributed by atoms with van der Waals surface area (Å²) >= 11 is 0. The molecule has 1 aliphatic rings. The number of carbonyl (C=O) groups excluding carboxylic acids is 2. The molecule has 41 heavy (non-hydrogen) atoms. The molecule has 1 aliphatic heterocycles. The molecule has 0 bridgehead atoms. The van der Waals surface area contributed by atoms with Gasteiger partial charge in [-0.1, -0.05) is 29.8 Å². The van der Waals surface area contributed by atoms with Gasteiger partial charge in [0.25, 0.3) is 10.0 Å². The topological polar surface area (TPSA) is 105 Å². The Hall–Kier alpha value is -4.12. The van der Waals surface area contributed by atoms with Gasteiger partial charge in [0.1, 0.15) is 31.6 Å². The van der Waals surface area contributed by atoms with E-state index >= 15 is 0 Å². The van der Waals surface area contributed by atoms with E-state index in [1.165, 1.54) is 35.2 Å². The predicted octanol–water partition coefficient (Wildman–Crippen LogP) is 4.04. The zero-order chi connectivity index (χ0) is 29.7. The van der Waals surface area contributed by atoms with E-state index in [4.69, 9.17) is 9.47 Å². The van der Waals surface area contributed by atoms with Crippen LogP contribution < -0.4 is 19.1 Å². The molecule has 4 rings (SSSR count). The van der Waals surface area contributed by atoms with Gasteiger partial charge in [0, 0.05) is 18.7 Å². The number of amides is 2. The van der Waals surface area contributed by atoms with Crippen LogP contribution in [0.5, 0.6) is 11.5 Å². The summed E-state index contributed by atoms with van der Waals surface area (Å²) in [6, 6.07) is 15.5. The van der Waals surface area contributed by atoms with E-state index in [0.717, 1.165) is 27.6 Å². The molecular weight excluding hydrogens is 549 g/mol. The molecule has 0 aliphatic carbocycles. The molecule has 3 aromatic carbocycles. The number of nitrogens with zero attached hydrogens (tertiary/aromatic N) is 2. The van der Waals surface area contributed by atoms with E-state index in [1.807, 2.05) is 45.0 Å². The number of fused-ring (bicyclic) bond motifs is 1. The Morgan fingerprint density at radius 3 is 2.29 bits per heavy atom. The molecule has 3 aromatic rings. The fourth-order valence-electron chi connectivity index (χ4n) is 4.44. The Kier molecular flexibility index (Phi) is 9.17. The highest BCUT2D eigenvalue weighted by Crippen LogP contribution is 2.34. The van der Waals surface area contributed by atoms with Crippen molar-refractivity contribution in [2.75, 3.05) is 24.1 Å². The van der Waals surface area contributed by atoms with Crippen molar-refractivity contribution in [3.8, 4) is 11.5 Å². The van der Waals surface area contributed by atoms with Crippen molar-refractivity contribution in [1.82, 2.24) is 10.2 Å². The van der Waals surface area contributed by atoms with Crippen LogP contribution in [0.3, 0.4) is 0 Å². The first kappa shape index (κ1) is 29.9. The molecule has 0 aromatic heterocycles. The number of hydrogen-bond acceptors (Lipinski definition) is 6.